The van der Waals surface area contributed by atoms with E-state index in [4.69, 9.17) is 4.74 Å². The molecule has 22 heavy (non-hydrogen) atoms. The number of hydrogen-bond acceptors (Lipinski definition) is 4. The number of carbonyl (C=O) groups excluding carboxylic acids is 1. The zero-order valence-corrected chi connectivity index (χ0v) is 11.2. The van der Waals surface area contributed by atoms with Crippen LogP contribution in [0.1, 0.15) is 10.5 Å². The fourth-order valence-electron chi connectivity index (χ4n) is 2.20. The molecule has 7 heteroatoms. The molecule has 1 N–H and O–H groups in total. The van der Waals surface area contributed by atoms with E-state index in [2.05, 4.69) is 15.4 Å². The molecule has 1 amide bonds. The van der Waals surface area contributed by atoms with Gasteiger partial charge in [0.1, 0.15) is 5.82 Å². The zero-order chi connectivity index (χ0) is 15.1. The summed E-state index contributed by atoms with van der Waals surface area (Å²) in [5.74, 6) is -0.254. The maximum Gasteiger partial charge on any atom is 0.280 e. The van der Waals surface area contributed by atoms with Gasteiger partial charge >= 0.3 is 0 Å². The highest BCUT2D eigenvalue weighted by Crippen LogP contribution is 2.35. The van der Waals surface area contributed by atoms with Gasteiger partial charge in [-0.15, -0.1) is 0 Å². The number of amides is 1. The van der Waals surface area contributed by atoms with E-state index in [0.717, 1.165) is 0 Å². The molecule has 0 radical (unpaired) electrons. The lowest BCUT2D eigenvalue weighted by Crippen LogP contribution is -2.12. The second-order valence-electron chi connectivity index (χ2n) is 4.69. The van der Waals surface area contributed by atoms with Crippen molar-refractivity contribution in [2.45, 2.75) is 0 Å². The average Bonchev–Trinajstić information content (AvgIpc) is 2.90. The molecular weight excluding hydrogens is 287 g/mol. The van der Waals surface area contributed by atoms with Gasteiger partial charge in [-0.25, -0.2) is 9.07 Å². The number of aromatic nitrogens is 3. The van der Waals surface area contributed by atoms with E-state index < -0.39 is 11.7 Å². The largest absolute Gasteiger partial charge is 0.451 e. The SMILES string of the molecule is O=C1Nc2cc(F)ccc2Oc2cn(-c3cccnc3)nc21. The van der Waals surface area contributed by atoms with Gasteiger partial charge in [-0.05, 0) is 24.3 Å². The smallest absolute Gasteiger partial charge is 0.280 e. The molecule has 0 saturated heterocycles. The minimum atomic E-state index is -0.456. The number of halogens is 1. The summed E-state index contributed by atoms with van der Waals surface area (Å²) in [4.78, 5) is 16.2. The fourth-order valence-corrected chi connectivity index (χ4v) is 2.20. The van der Waals surface area contributed by atoms with E-state index >= 15 is 0 Å². The van der Waals surface area contributed by atoms with Crippen LogP contribution in [0.15, 0.2) is 48.9 Å². The van der Waals surface area contributed by atoms with Crippen LogP contribution in [0.2, 0.25) is 0 Å². The van der Waals surface area contributed by atoms with Crippen molar-refractivity contribution in [3.05, 3.63) is 60.4 Å². The third-order valence-electron chi connectivity index (χ3n) is 3.22. The third kappa shape index (κ3) is 1.99. The van der Waals surface area contributed by atoms with Gasteiger partial charge in [0.15, 0.2) is 17.2 Å². The molecule has 0 atom stereocenters. The van der Waals surface area contributed by atoms with E-state index in [1.54, 1.807) is 30.7 Å². The van der Waals surface area contributed by atoms with Crippen LogP contribution in [-0.4, -0.2) is 20.7 Å². The number of carbonyl (C=O) groups is 1. The summed E-state index contributed by atoms with van der Waals surface area (Å²) in [5, 5.41) is 6.80. The Labute approximate surface area is 124 Å². The summed E-state index contributed by atoms with van der Waals surface area (Å²) >= 11 is 0. The molecule has 0 bridgehead atoms. The Hall–Kier alpha value is -3.22. The molecule has 4 rings (SSSR count). The molecular formula is C15H9FN4O2. The molecule has 1 aromatic carbocycles. The summed E-state index contributed by atoms with van der Waals surface area (Å²) in [6, 6.07) is 7.50. The number of rotatable bonds is 1. The molecule has 3 heterocycles. The quantitative estimate of drug-likeness (QED) is 0.749. The standard InChI is InChI=1S/C15H9FN4O2/c16-9-3-4-12-11(6-9)18-15(21)14-13(22-12)8-20(19-14)10-2-1-5-17-7-10/h1-8H,(H,18,21). The van der Waals surface area contributed by atoms with Crippen molar-refractivity contribution in [3.8, 4) is 17.2 Å². The van der Waals surface area contributed by atoms with E-state index in [1.165, 1.54) is 22.9 Å². The van der Waals surface area contributed by atoms with Crippen LogP contribution in [0.5, 0.6) is 11.5 Å². The van der Waals surface area contributed by atoms with E-state index in [-0.39, 0.29) is 11.4 Å². The number of benzene rings is 1. The maximum absolute atomic E-state index is 13.3. The van der Waals surface area contributed by atoms with Crippen LogP contribution < -0.4 is 10.1 Å². The number of nitrogens with zero attached hydrogens (tertiary/aromatic N) is 3. The normalized spacial score (nSPS) is 12.7. The van der Waals surface area contributed by atoms with Crippen molar-refractivity contribution in [1.82, 2.24) is 14.8 Å². The fraction of sp³-hybridized carbons (Fsp3) is 0. The van der Waals surface area contributed by atoms with Crippen LogP contribution in [0.3, 0.4) is 0 Å². The van der Waals surface area contributed by atoms with Crippen LogP contribution in [0, 0.1) is 5.82 Å². The van der Waals surface area contributed by atoms with Gasteiger partial charge in [-0.3, -0.25) is 9.78 Å². The van der Waals surface area contributed by atoms with Gasteiger partial charge in [-0.1, -0.05) is 0 Å². The van der Waals surface area contributed by atoms with E-state index in [0.29, 0.717) is 17.2 Å². The van der Waals surface area contributed by atoms with Gasteiger partial charge in [0.05, 0.1) is 23.8 Å². The lowest BCUT2D eigenvalue weighted by atomic mass is 10.3. The summed E-state index contributed by atoms with van der Waals surface area (Å²) < 4.78 is 20.4. The second kappa shape index (κ2) is 4.66. The number of anilines is 1. The first-order valence-electron chi connectivity index (χ1n) is 6.49. The first-order chi connectivity index (χ1) is 10.7. The molecule has 0 fully saturated rings. The number of ether oxygens (including phenoxy) is 1. The van der Waals surface area contributed by atoms with E-state index in [9.17, 15) is 9.18 Å². The number of nitrogens with one attached hydrogen (secondary N) is 1. The molecule has 0 spiro atoms. The van der Waals surface area contributed by atoms with Crippen molar-refractivity contribution in [3.63, 3.8) is 0 Å². The summed E-state index contributed by atoms with van der Waals surface area (Å²) in [5.41, 5.74) is 1.10. The van der Waals surface area contributed by atoms with Crippen LogP contribution in [0.25, 0.3) is 5.69 Å². The predicted octanol–water partition coefficient (Wildman–Crippen LogP) is 2.76. The Bertz CT molecular complexity index is 877. The zero-order valence-electron chi connectivity index (χ0n) is 11.2. The lowest BCUT2D eigenvalue weighted by molar-refractivity contribution is 0.102. The molecule has 1 aliphatic rings. The molecule has 0 aliphatic carbocycles. The molecule has 108 valence electrons. The molecule has 6 nitrogen and oxygen atoms in total. The van der Waals surface area contributed by atoms with Crippen molar-refractivity contribution in [1.29, 1.82) is 0 Å². The Morgan fingerprint density at radius 1 is 1.23 bits per heavy atom. The van der Waals surface area contributed by atoms with Crippen molar-refractivity contribution >= 4 is 11.6 Å². The summed E-state index contributed by atoms with van der Waals surface area (Å²) in [6.45, 7) is 0. The van der Waals surface area contributed by atoms with Crippen LogP contribution in [0.4, 0.5) is 10.1 Å². The molecule has 0 saturated carbocycles. The highest BCUT2D eigenvalue weighted by molar-refractivity contribution is 6.06. The highest BCUT2D eigenvalue weighted by atomic mass is 19.1. The molecule has 2 aromatic heterocycles. The maximum atomic E-state index is 13.3. The number of hydrogen-bond donors (Lipinski definition) is 1. The number of pyridine rings is 1. The summed E-state index contributed by atoms with van der Waals surface area (Å²) in [7, 11) is 0. The monoisotopic (exact) mass is 296 g/mol. The van der Waals surface area contributed by atoms with Crippen molar-refractivity contribution < 1.29 is 13.9 Å². The van der Waals surface area contributed by atoms with Gasteiger partial charge < -0.3 is 10.1 Å². The average molecular weight is 296 g/mol. The van der Waals surface area contributed by atoms with Gasteiger partial charge in [0.2, 0.25) is 0 Å². The van der Waals surface area contributed by atoms with Gasteiger partial charge in [0.25, 0.3) is 5.91 Å². The molecule has 3 aromatic rings. The van der Waals surface area contributed by atoms with Gasteiger partial charge in [0, 0.05) is 12.3 Å². The first kappa shape index (κ1) is 12.5. The Balaban J connectivity index is 1.81. The minimum Gasteiger partial charge on any atom is -0.451 e. The van der Waals surface area contributed by atoms with Crippen molar-refractivity contribution in [2.75, 3.05) is 5.32 Å². The lowest BCUT2D eigenvalue weighted by Gasteiger charge is -2.06. The Morgan fingerprint density at radius 2 is 2.14 bits per heavy atom. The topological polar surface area (TPSA) is 69.0 Å². The predicted molar refractivity (Wildman–Crippen MR) is 75.8 cm³/mol. The summed E-state index contributed by atoms with van der Waals surface area (Å²) in [6.07, 6.45) is 4.85. The van der Waals surface area contributed by atoms with Crippen LogP contribution in [-0.2, 0) is 0 Å². The van der Waals surface area contributed by atoms with Crippen molar-refractivity contribution in [2.24, 2.45) is 0 Å². The first-order valence-corrected chi connectivity index (χ1v) is 6.49. The Morgan fingerprint density at radius 3 is 2.95 bits per heavy atom. The molecule has 1 aliphatic heterocycles. The van der Waals surface area contributed by atoms with E-state index in [1.807, 2.05) is 0 Å². The second-order valence-corrected chi connectivity index (χ2v) is 4.69. The molecule has 0 unspecified atom stereocenters. The van der Waals surface area contributed by atoms with Crippen LogP contribution >= 0.6 is 0 Å². The Kier molecular flexibility index (Phi) is 2.65. The minimum absolute atomic E-state index is 0.125. The highest BCUT2D eigenvalue weighted by Gasteiger charge is 2.25. The number of fused-ring (bicyclic) bond motifs is 2. The van der Waals surface area contributed by atoms with Gasteiger partial charge in [-0.2, -0.15) is 5.10 Å². The third-order valence-corrected chi connectivity index (χ3v) is 3.22.